The molecule has 0 amide bonds. The summed E-state index contributed by atoms with van der Waals surface area (Å²) in [5, 5.41) is 15.2. The van der Waals surface area contributed by atoms with Crippen molar-refractivity contribution in [1.29, 1.82) is 0 Å². The van der Waals surface area contributed by atoms with E-state index in [2.05, 4.69) is 51.6 Å². The third kappa shape index (κ3) is 6.56. The molecular formula is C27H36N6. The summed E-state index contributed by atoms with van der Waals surface area (Å²) in [6.45, 7) is 3.09. The summed E-state index contributed by atoms with van der Waals surface area (Å²) in [6.07, 6.45) is 17.9. The molecule has 0 fully saturated rings. The molecule has 0 N–H and O–H groups in total. The van der Waals surface area contributed by atoms with Crippen LogP contribution >= 0.6 is 0 Å². The van der Waals surface area contributed by atoms with Crippen LogP contribution in [0.4, 0.5) is 0 Å². The summed E-state index contributed by atoms with van der Waals surface area (Å²) in [4.78, 5) is 11.0. The second-order valence-electron chi connectivity index (χ2n) is 9.01. The monoisotopic (exact) mass is 444 g/mol. The number of aromatic nitrogens is 6. The molecule has 6 nitrogen and oxygen atoms in total. The molecule has 0 unspecified atom stereocenters. The van der Waals surface area contributed by atoms with Gasteiger partial charge in [0.2, 0.25) is 5.82 Å². The fourth-order valence-corrected chi connectivity index (χ4v) is 4.38. The van der Waals surface area contributed by atoms with Crippen molar-refractivity contribution in [2.75, 3.05) is 0 Å². The quantitative estimate of drug-likeness (QED) is 0.153. The molecule has 3 aromatic heterocycles. The minimum Gasteiger partial charge on any atom is -0.254 e. The summed E-state index contributed by atoms with van der Waals surface area (Å²) in [5.41, 5.74) is 2.52. The standard InChI is InChI=1S/C27H36N6/c1-2-3-4-5-6-7-8-9-10-11-12-13-21-33-31-27(30-32-33)24-19-18-23-17-16-22-15-14-20-28-25(22)26(23)29-24/h14-20H,2-13,21H2,1H3. The fourth-order valence-electron chi connectivity index (χ4n) is 4.38. The zero-order valence-electron chi connectivity index (χ0n) is 19.9. The van der Waals surface area contributed by atoms with Gasteiger partial charge >= 0.3 is 0 Å². The van der Waals surface area contributed by atoms with Crippen LogP contribution < -0.4 is 0 Å². The number of benzene rings is 1. The Morgan fingerprint density at radius 3 is 2.06 bits per heavy atom. The van der Waals surface area contributed by atoms with Crippen LogP contribution in [0.2, 0.25) is 0 Å². The van der Waals surface area contributed by atoms with Gasteiger partial charge in [-0.05, 0) is 23.8 Å². The first kappa shape index (κ1) is 23.3. The summed E-state index contributed by atoms with van der Waals surface area (Å²) in [7, 11) is 0. The zero-order valence-corrected chi connectivity index (χ0v) is 19.9. The molecule has 0 atom stereocenters. The predicted molar refractivity (Wildman–Crippen MR) is 135 cm³/mol. The maximum Gasteiger partial charge on any atom is 0.223 e. The minimum atomic E-state index is 0.573. The topological polar surface area (TPSA) is 69.4 Å². The van der Waals surface area contributed by atoms with Crippen LogP contribution in [-0.4, -0.2) is 30.2 Å². The normalized spacial score (nSPS) is 11.5. The van der Waals surface area contributed by atoms with Crippen molar-refractivity contribution in [1.82, 2.24) is 30.2 Å². The molecule has 0 aliphatic carbocycles. The number of unbranched alkanes of at least 4 members (excludes halogenated alkanes) is 11. The van der Waals surface area contributed by atoms with Crippen LogP contribution in [0.25, 0.3) is 33.3 Å². The van der Waals surface area contributed by atoms with Crippen molar-refractivity contribution in [2.45, 2.75) is 90.5 Å². The van der Waals surface area contributed by atoms with Crippen molar-refractivity contribution in [2.24, 2.45) is 0 Å². The summed E-state index contributed by atoms with van der Waals surface area (Å²) >= 11 is 0. The van der Waals surface area contributed by atoms with Gasteiger partial charge in [0.05, 0.1) is 17.6 Å². The Labute approximate surface area is 196 Å². The highest BCUT2D eigenvalue weighted by molar-refractivity contribution is 6.03. The molecular weight excluding hydrogens is 408 g/mol. The van der Waals surface area contributed by atoms with Crippen molar-refractivity contribution in [3.63, 3.8) is 0 Å². The van der Waals surface area contributed by atoms with Crippen molar-refractivity contribution in [3.8, 4) is 11.5 Å². The molecule has 0 saturated carbocycles. The van der Waals surface area contributed by atoms with Gasteiger partial charge in [-0.3, -0.25) is 4.98 Å². The number of nitrogens with zero attached hydrogens (tertiary/aromatic N) is 6. The second-order valence-corrected chi connectivity index (χ2v) is 9.01. The Balaban J connectivity index is 1.20. The third-order valence-corrected chi connectivity index (χ3v) is 6.33. The van der Waals surface area contributed by atoms with E-state index in [0.29, 0.717) is 5.82 Å². The van der Waals surface area contributed by atoms with Crippen molar-refractivity contribution < 1.29 is 0 Å². The Morgan fingerprint density at radius 1 is 0.697 bits per heavy atom. The number of hydrogen-bond donors (Lipinski definition) is 0. The maximum absolute atomic E-state index is 4.81. The molecule has 0 saturated heterocycles. The van der Waals surface area contributed by atoms with Crippen LogP contribution in [0, 0.1) is 0 Å². The van der Waals surface area contributed by atoms with Gasteiger partial charge in [-0.15, -0.1) is 10.2 Å². The van der Waals surface area contributed by atoms with Gasteiger partial charge in [0.1, 0.15) is 5.69 Å². The molecule has 4 rings (SSSR count). The Hall–Kier alpha value is -2.89. The zero-order chi connectivity index (χ0) is 22.7. The van der Waals surface area contributed by atoms with Crippen LogP contribution in [0.15, 0.2) is 42.6 Å². The number of tetrazole rings is 1. The lowest BCUT2D eigenvalue weighted by atomic mass is 10.1. The minimum absolute atomic E-state index is 0.573. The van der Waals surface area contributed by atoms with Gasteiger partial charge in [0.25, 0.3) is 0 Å². The van der Waals surface area contributed by atoms with E-state index >= 15 is 0 Å². The number of pyridine rings is 2. The molecule has 6 heteroatoms. The number of hydrogen-bond acceptors (Lipinski definition) is 5. The largest absolute Gasteiger partial charge is 0.254 e. The highest BCUT2D eigenvalue weighted by atomic mass is 15.6. The van der Waals surface area contributed by atoms with E-state index < -0.39 is 0 Å². The van der Waals surface area contributed by atoms with E-state index in [-0.39, 0.29) is 0 Å². The van der Waals surface area contributed by atoms with E-state index in [1.807, 2.05) is 12.1 Å². The Bertz CT molecular complexity index is 1140. The van der Waals surface area contributed by atoms with E-state index in [0.717, 1.165) is 40.5 Å². The van der Waals surface area contributed by atoms with E-state index in [1.165, 1.54) is 70.6 Å². The highest BCUT2D eigenvalue weighted by Crippen LogP contribution is 2.24. The summed E-state index contributed by atoms with van der Waals surface area (Å²) < 4.78 is 0. The molecule has 0 aliphatic rings. The summed E-state index contributed by atoms with van der Waals surface area (Å²) in [5.74, 6) is 0.573. The molecule has 0 bridgehead atoms. The van der Waals surface area contributed by atoms with E-state index in [1.54, 1.807) is 11.0 Å². The fraction of sp³-hybridized carbons (Fsp3) is 0.519. The molecule has 0 spiro atoms. The van der Waals surface area contributed by atoms with Gasteiger partial charge < -0.3 is 0 Å². The molecule has 4 aromatic rings. The van der Waals surface area contributed by atoms with Gasteiger partial charge in [-0.1, -0.05) is 102 Å². The molecule has 0 radical (unpaired) electrons. The van der Waals surface area contributed by atoms with E-state index in [9.17, 15) is 0 Å². The second kappa shape index (κ2) is 12.4. The molecule has 33 heavy (non-hydrogen) atoms. The van der Waals surface area contributed by atoms with Crippen LogP contribution in [0.1, 0.15) is 84.0 Å². The molecule has 174 valence electrons. The smallest absolute Gasteiger partial charge is 0.223 e. The van der Waals surface area contributed by atoms with Gasteiger partial charge in [0.15, 0.2) is 0 Å². The molecule has 1 aromatic carbocycles. The lowest BCUT2D eigenvalue weighted by Crippen LogP contribution is -2.02. The third-order valence-electron chi connectivity index (χ3n) is 6.33. The van der Waals surface area contributed by atoms with Gasteiger partial charge in [-0.2, -0.15) is 4.80 Å². The van der Waals surface area contributed by atoms with Crippen LogP contribution in [0.3, 0.4) is 0 Å². The van der Waals surface area contributed by atoms with Crippen molar-refractivity contribution in [3.05, 3.63) is 42.6 Å². The number of fused-ring (bicyclic) bond motifs is 3. The Kier molecular flexibility index (Phi) is 8.73. The van der Waals surface area contributed by atoms with Crippen LogP contribution in [0.5, 0.6) is 0 Å². The average molecular weight is 445 g/mol. The SMILES string of the molecule is CCCCCCCCCCCCCCn1nnc(-c2ccc3ccc4cccnc4c3n2)n1. The van der Waals surface area contributed by atoms with Gasteiger partial charge in [-0.25, -0.2) is 4.98 Å². The number of rotatable bonds is 14. The van der Waals surface area contributed by atoms with Crippen molar-refractivity contribution >= 4 is 21.8 Å². The first-order valence-corrected chi connectivity index (χ1v) is 12.8. The number of aryl methyl sites for hydroxylation is 1. The summed E-state index contributed by atoms with van der Waals surface area (Å²) in [6, 6.07) is 12.2. The average Bonchev–Trinajstić information content (AvgIpc) is 3.33. The molecule has 0 aliphatic heterocycles. The van der Waals surface area contributed by atoms with Crippen LogP contribution in [-0.2, 0) is 6.54 Å². The lowest BCUT2D eigenvalue weighted by molar-refractivity contribution is 0.471. The first-order chi connectivity index (χ1) is 16.3. The highest BCUT2D eigenvalue weighted by Gasteiger charge is 2.10. The van der Waals surface area contributed by atoms with E-state index in [4.69, 9.17) is 4.98 Å². The first-order valence-electron chi connectivity index (χ1n) is 12.8. The van der Waals surface area contributed by atoms with Gasteiger partial charge in [0, 0.05) is 17.0 Å². The Morgan fingerprint density at radius 2 is 1.33 bits per heavy atom. The maximum atomic E-state index is 4.81. The lowest BCUT2D eigenvalue weighted by Gasteiger charge is -2.03. The predicted octanol–water partition coefficient (Wildman–Crippen LogP) is 7.14. The molecule has 3 heterocycles.